The van der Waals surface area contributed by atoms with Gasteiger partial charge in [0.2, 0.25) is 5.91 Å². The Morgan fingerprint density at radius 1 is 1.14 bits per heavy atom. The van der Waals surface area contributed by atoms with E-state index in [9.17, 15) is 14.4 Å². The van der Waals surface area contributed by atoms with Crippen LogP contribution in [0.2, 0.25) is 0 Å². The van der Waals surface area contributed by atoms with Gasteiger partial charge >= 0.3 is 0 Å². The SMILES string of the molecule is Cc1ccc(NC(=O)CN2C(=O)S/C(=C\c3cc4c(cc3C)N(C)C(C)(C)C[C@H]4C)C2=O)c(C)c1. The van der Waals surface area contributed by atoms with Crippen molar-refractivity contribution in [3.8, 4) is 0 Å². The molecule has 0 radical (unpaired) electrons. The third-order valence-corrected chi connectivity index (χ3v) is 8.05. The van der Waals surface area contributed by atoms with Gasteiger partial charge in [-0.3, -0.25) is 19.3 Å². The van der Waals surface area contributed by atoms with Crippen LogP contribution in [0.4, 0.5) is 16.2 Å². The van der Waals surface area contributed by atoms with Gasteiger partial charge in [-0.05, 0) is 105 Å². The Kier molecular flexibility index (Phi) is 6.58. The number of anilines is 2. The van der Waals surface area contributed by atoms with E-state index >= 15 is 0 Å². The fourth-order valence-corrected chi connectivity index (χ4v) is 5.78. The molecular formula is C28H33N3O3S. The molecule has 0 bridgehead atoms. The van der Waals surface area contributed by atoms with E-state index in [4.69, 9.17) is 0 Å². The van der Waals surface area contributed by atoms with Crippen LogP contribution in [-0.4, -0.2) is 41.1 Å². The molecule has 1 atom stereocenters. The first kappa shape index (κ1) is 25.0. The molecular weight excluding hydrogens is 458 g/mol. The third-order valence-electron chi connectivity index (χ3n) is 7.14. The summed E-state index contributed by atoms with van der Waals surface area (Å²) in [6.07, 6.45) is 2.82. The second-order valence-electron chi connectivity index (χ2n) is 10.4. The normalized spacial score (nSPS) is 20.4. The molecule has 3 amide bonds. The number of hydrogen-bond donors (Lipinski definition) is 1. The Balaban J connectivity index is 1.54. The molecule has 0 aliphatic carbocycles. The largest absolute Gasteiger partial charge is 0.369 e. The van der Waals surface area contributed by atoms with E-state index in [1.807, 2.05) is 39.0 Å². The second kappa shape index (κ2) is 9.19. The zero-order valence-electron chi connectivity index (χ0n) is 21.5. The standard InChI is InChI=1S/C28H33N3O3S/c1-16-8-9-22(18(3)10-16)29-25(32)15-31-26(33)24(35-27(31)34)13-20-12-21-19(4)14-28(5,6)30(7)23(21)11-17(20)2/h8-13,19H,14-15H2,1-7H3,(H,29,32)/b24-13-/t19-/m1/s1. The van der Waals surface area contributed by atoms with E-state index in [1.54, 1.807) is 6.08 Å². The fourth-order valence-electron chi connectivity index (χ4n) is 4.95. The average Bonchev–Trinajstić information content (AvgIpc) is 3.02. The lowest BCUT2D eigenvalue weighted by molar-refractivity contribution is -0.127. The molecule has 2 aliphatic rings. The number of aryl methyl sites for hydroxylation is 3. The molecule has 0 saturated carbocycles. The first-order valence-electron chi connectivity index (χ1n) is 11.9. The Morgan fingerprint density at radius 3 is 2.54 bits per heavy atom. The monoisotopic (exact) mass is 491 g/mol. The highest BCUT2D eigenvalue weighted by Crippen LogP contribution is 2.44. The molecule has 2 aliphatic heterocycles. The lowest BCUT2D eigenvalue weighted by atomic mass is 9.79. The van der Waals surface area contributed by atoms with Gasteiger partial charge < -0.3 is 10.2 Å². The van der Waals surface area contributed by atoms with Crippen molar-refractivity contribution in [3.05, 3.63) is 63.1 Å². The first-order chi connectivity index (χ1) is 16.4. The first-order valence-corrected chi connectivity index (χ1v) is 12.7. The van der Waals surface area contributed by atoms with Crippen molar-refractivity contribution in [2.45, 2.75) is 59.4 Å². The topological polar surface area (TPSA) is 69.7 Å². The van der Waals surface area contributed by atoms with Gasteiger partial charge in [0.1, 0.15) is 6.54 Å². The number of fused-ring (bicyclic) bond motifs is 1. The van der Waals surface area contributed by atoms with Crippen LogP contribution in [0, 0.1) is 20.8 Å². The maximum Gasteiger partial charge on any atom is 0.294 e. The molecule has 35 heavy (non-hydrogen) atoms. The Hall–Kier alpha value is -3.06. The van der Waals surface area contributed by atoms with E-state index < -0.39 is 17.1 Å². The summed E-state index contributed by atoms with van der Waals surface area (Å²) in [7, 11) is 2.12. The van der Waals surface area contributed by atoms with Crippen molar-refractivity contribution in [1.82, 2.24) is 4.90 Å². The van der Waals surface area contributed by atoms with Crippen molar-refractivity contribution >= 4 is 46.3 Å². The number of rotatable bonds is 4. The van der Waals surface area contributed by atoms with Crippen molar-refractivity contribution in [1.29, 1.82) is 0 Å². The highest BCUT2D eigenvalue weighted by molar-refractivity contribution is 8.18. The van der Waals surface area contributed by atoms with Crippen LogP contribution in [0.3, 0.4) is 0 Å². The number of carbonyl (C=O) groups is 3. The van der Waals surface area contributed by atoms with Crippen LogP contribution < -0.4 is 10.2 Å². The number of nitrogens with one attached hydrogen (secondary N) is 1. The van der Waals surface area contributed by atoms with Crippen LogP contribution in [0.1, 0.15) is 60.9 Å². The lowest BCUT2D eigenvalue weighted by Crippen LogP contribution is -2.45. The van der Waals surface area contributed by atoms with Crippen LogP contribution in [0.15, 0.2) is 35.2 Å². The van der Waals surface area contributed by atoms with E-state index in [1.165, 1.54) is 11.3 Å². The Labute approximate surface area is 211 Å². The quantitative estimate of drug-likeness (QED) is 0.531. The number of imide groups is 1. The maximum atomic E-state index is 13.0. The number of benzene rings is 2. The van der Waals surface area contributed by atoms with Crippen molar-refractivity contribution in [2.24, 2.45) is 0 Å². The van der Waals surface area contributed by atoms with E-state index in [-0.39, 0.29) is 12.1 Å². The van der Waals surface area contributed by atoms with Gasteiger partial charge in [-0.2, -0.15) is 0 Å². The summed E-state index contributed by atoms with van der Waals surface area (Å²) in [6.45, 7) is 12.3. The van der Waals surface area contributed by atoms with Gasteiger partial charge in [-0.1, -0.05) is 24.6 Å². The zero-order valence-corrected chi connectivity index (χ0v) is 22.3. The summed E-state index contributed by atoms with van der Waals surface area (Å²) in [4.78, 5) is 41.9. The molecule has 6 nitrogen and oxygen atoms in total. The van der Waals surface area contributed by atoms with E-state index in [2.05, 4.69) is 50.2 Å². The van der Waals surface area contributed by atoms with Crippen molar-refractivity contribution < 1.29 is 14.4 Å². The summed E-state index contributed by atoms with van der Waals surface area (Å²) >= 11 is 0.885. The van der Waals surface area contributed by atoms with Crippen LogP contribution in [0.25, 0.3) is 6.08 Å². The van der Waals surface area contributed by atoms with Crippen molar-refractivity contribution in [3.63, 3.8) is 0 Å². The minimum atomic E-state index is -0.431. The molecule has 184 valence electrons. The number of hydrogen-bond acceptors (Lipinski definition) is 5. The molecule has 1 N–H and O–H groups in total. The average molecular weight is 492 g/mol. The predicted molar refractivity (Wildman–Crippen MR) is 144 cm³/mol. The van der Waals surface area contributed by atoms with E-state index in [0.717, 1.165) is 45.3 Å². The maximum absolute atomic E-state index is 13.0. The molecule has 1 saturated heterocycles. The molecule has 2 aromatic rings. The highest BCUT2D eigenvalue weighted by atomic mass is 32.2. The zero-order chi connectivity index (χ0) is 25.7. The predicted octanol–water partition coefficient (Wildman–Crippen LogP) is 6.01. The molecule has 7 heteroatoms. The van der Waals surface area contributed by atoms with Crippen LogP contribution >= 0.6 is 11.8 Å². The molecule has 4 rings (SSSR count). The van der Waals surface area contributed by atoms with Crippen molar-refractivity contribution in [2.75, 3.05) is 23.8 Å². The van der Waals surface area contributed by atoms with E-state index in [0.29, 0.717) is 16.5 Å². The van der Waals surface area contributed by atoms with Gasteiger partial charge in [-0.25, -0.2) is 0 Å². The number of nitrogens with zero attached hydrogens (tertiary/aromatic N) is 2. The summed E-state index contributed by atoms with van der Waals surface area (Å²) < 4.78 is 0. The van der Waals surface area contributed by atoms with Gasteiger partial charge in [0.05, 0.1) is 4.91 Å². The van der Waals surface area contributed by atoms with Gasteiger partial charge in [0.25, 0.3) is 11.1 Å². The Bertz CT molecular complexity index is 1260. The number of carbonyl (C=O) groups excluding carboxylic acids is 3. The summed E-state index contributed by atoms with van der Waals surface area (Å²) in [5.41, 5.74) is 7.19. The summed E-state index contributed by atoms with van der Waals surface area (Å²) in [6, 6.07) is 10.0. The minimum Gasteiger partial charge on any atom is -0.369 e. The smallest absolute Gasteiger partial charge is 0.294 e. The molecule has 2 aromatic carbocycles. The van der Waals surface area contributed by atoms with Crippen LogP contribution in [0.5, 0.6) is 0 Å². The van der Waals surface area contributed by atoms with Gasteiger partial charge in [-0.15, -0.1) is 0 Å². The number of amides is 3. The molecule has 0 spiro atoms. The van der Waals surface area contributed by atoms with Gasteiger partial charge in [0, 0.05) is 24.0 Å². The second-order valence-corrected chi connectivity index (χ2v) is 11.4. The highest BCUT2D eigenvalue weighted by Gasteiger charge is 2.37. The summed E-state index contributed by atoms with van der Waals surface area (Å²) in [5.74, 6) is -0.447. The molecule has 0 aromatic heterocycles. The minimum absolute atomic E-state index is 0.0702. The summed E-state index contributed by atoms with van der Waals surface area (Å²) in [5, 5.41) is 2.38. The third kappa shape index (κ3) is 4.87. The molecule has 1 fully saturated rings. The Morgan fingerprint density at radius 2 is 1.86 bits per heavy atom. The van der Waals surface area contributed by atoms with Crippen LogP contribution in [-0.2, 0) is 9.59 Å². The molecule has 0 unspecified atom stereocenters. The lowest BCUT2D eigenvalue weighted by Gasteiger charge is -2.45. The van der Waals surface area contributed by atoms with Gasteiger partial charge in [0.15, 0.2) is 0 Å². The fraction of sp³-hybridized carbons (Fsp3) is 0.393. The number of thioether (sulfide) groups is 1. The molecule has 2 heterocycles.